The first-order chi connectivity index (χ1) is 15.6. The van der Waals surface area contributed by atoms with Crippen LogP contribution in [0, 0.1) is 11.3 Å². The first kappa shape index (κ1) is 28.1. The van der Waals surface area contributed by atoms with Crippen LogP contribution in [-0.4, -0.2) is 87.3 Å². The molecule has 0 saturated carbocycles. The molecule has 0 fully saturated rings. The van der Waals surface area contributed by atoms with Gasteiger partial charge < -0.3 is 30.0 Å². The summed E-state index contributed by atoms with van der Waals surface area (Å²) in [7, 11) is -1.32. The number of carbonyl (C=O) groups is 1. The van der Waals surface area contributed by atoms with Crippen molar-refractivity contribution >= 4 is 16.7 Å². The molecule has 180 valence electrons. The number of nitrogens with zero attached hydrogens (tertiary/aromatic N) is 2. The maximum absolute atomic E-state index is 11.8. The molecule has 3 N–H and O–H groups in total. The van der Waals surface area contributed by atoms with Gasteiger partial charge in [0.1, 0.15) is 11.1 Å². The number of ether oxygens (including phenoxy) is 4. The number of nitrogens with one attached hydrogen (secondary N) is 1. The van der Waals surface area contributed by atoms with Crippen LogP contribution in [0.4, 0.5) is 0 Å². The van der Waals surface area contributed by atoms with E-state index in [-0.39, 0.29) is 12.3 Å². The van der Waals surface area contributed by atoms with Crippen molar-refractivity contribution in [1.29, 1.82) is 5.26 Å². The Kier molecular flexibility index (Phi) is 16.3. The number of hydrogen-bond donors (Lipinski definition) is 2. The van der Waals surface area contributed by atoms with Crippen LogP contribution in [0.3, 0.4) is 0 Å². The molecule has 1 amide bonds. The van der Waals surface area contributed by atoms with Crippen molar-refractivity contribution in [3.05, 3.63) is 23.4 Å². The highest BCUT2D eigenvalue weighted by Crippen LogP contribution is 2.11. The molecule has 0 aromatic carbocycles. The van der Waals surface area contributed by atoms with Crippen LogP contribution in [0.2, 0.25) is 0 Å². The number of aryl methyl sites for hydroxylation is 1. The van der Waals surface area contributed by atoms with Gasteiger partial charge in [0.15, 0.2) is 0 Å². The molecular formula is C21H34N4O6S. The van der Waals surface area contributed by atoms with Crippen LogP contribution < -0.4 is 11.1 Å². The number of aromatic nitrogens is 1. The summed E-state index contributed by atoms with van der Waals surface area (Å²) in [6.07, 6.45) is 3.09. The summed E-state index contributed by atoms with van der Waals surface area (Å²) in [5.74, 6) is -0.0840. The first-order valence-electron chi connectivity index (χ1n) is 10.6. The first-order valence-corrected chi connectivity index (χ1v) is 12.2. The number of hydrogen-bond acceptors (Lipinski definition) is 9. The molecule has 0 aliphatic rings. The minimum Gasteiger partial charge on any atom is -0.379 e. The van der Waals surface area contributed by atoms with Gasteiger partial charge in [0.05, 0.1) is 69.2 Å². The van der Waals surface area contributed by atoms with Crippen molar-refractivity contribution < 1.29 is 28.0 Å². The van der Waals surface area contributed by atoms with Gasteiger partial charge in [0, 0.05) is 31.5 Å². The lowest BCUT2D eigenvalue weighted by molar-refractivity contribution is -0.122. The minimum absolute atomic E-state index is 0.0840. The summed E-state index contributed by atoms with van der Waals surface area (Å²) >= 11 is 0. The lowest BCUT2D eigenvalue weighted by Gasteiger charge is -2.08. The minimum atomic E-state index is -1.32. The van der Waals surface area contributed by atoms with Gasteiger partial charge in [0.25, 0.3) is 0 Å². The molecule has 32 heavy (non-hydrogen) atoms. The van der Waals surface area contributed by atoms with Crippen LogP contribution in [0.1, 0.15) is 24.1 Å². The van der Waals surface area contributed by atoms with Gasteiger partial charge >= 0.3 is 0 Å². The van der Waals surface area contributed by atoms with Crippen molar-refractivity contribution in [2.24, 2.45) is 5.73 Å². The van der Waals surface area contributed by atoms with Crippen molar-refractivity contribution in [2.75, 3.05) is 72.2 Å². The Bertz CT molecular complexity index is 729. The second-order valence-electron chi connectivity index (χ2n) is 6.66. The van der Waals surface area contributed by atoms with E-state index in [4.69, 9.17) is 29.9 Å². The molecule has 1 rings (SSSR count). The topological polar surface area (TPSA) is 146 Å². The molecular weight excluding hydrogens is 436 g/mol. The molecule has 1 heterocycles. The SMILES string of the molecule is CS(=O)c1nc(CCCNC(=O)CCOCCOCCOCCOCCN)ccc1C#N. The zero-order valence-electron chi connectivity index (χ0n) is 18.7. The smallest absolute Gasteiger partial charge is 0.222 e. The fourth-order valence-corrected chi connectivity index (χ4v) is 3.19. The zero-order chi connectivity index (χ0) is 23.4. The second kappa shape index (κ2) is 18.6. The Morgan fingerprint density at radius 1 is 1.06 bits per heavy atom. The van der Waals surface area contributed by atoms with E-state index in [0.29, 0.717) is 89.4 Å². The molecule has 10 nitrogen and oxygen atoms in total. The van der Waals surface area contributed by atoms with Crippen LogP contribution in [0.25, 0.3) is 0 Å². The monoisotopic (exact) mass is 470 g/mol. The third-order valence-corrected chi connectivity index (χ3v) is 4.95. The Morgan fingerprint density at radius 3 is 2.22 bits per heavy atom. The molecule has 1 aromatic rings. The highest BCUT2D eigenvalue weighted by Gasteiger charge is 2.09. The molecule has 1 aromatic heterocycles. The summed E-state index contributed by atoms with van der Waals surface area (Å²) in [5.41, 5.74) is 6.38. The summed E-state index contributed by atoms with van der Waals surface area (Å²) in [4.78, 5) is 16.1. The van der Waals surface area contributed by atoms with Crippen LogP contribution in [0.15, 0.2) is 17.2 Å². The largest absolute Gasteiger partial charge is 0.379 e. The molecule has 0 aliphatic carbocycles. The number of carbonyl (C=O) groups excluding carboxylic acids is 1. The van der Waals surface area contributed by atoms with Crippen LogP contribution in [0.5, 0.6) is 0 Å². The molecule has 0 bridgehead atoms. The molecule has 0 saturated heterocycles. The third kappa shape index (κ3) is 13.5. The maximum Gasteiger partial charge on any atom is 0.222 e. The van der Waals surface area contributed by atoms with E-state index in [0.717, 1.165) is 5.69 Å². The Hall–Kier alpha value is -1.94. The summed E-state index contributed by atoms with van der Waals surface area (Å²) < 4.78 is 32.9. The van der Waals surface area contributed by atoms with Gasteiger partial charge in [-0.1, -0.05) is 0 Å². The molecule has 11 heteroatoms. The zero-order valence-corrected chi connectivity index (χ0v) is 19.5. The van der Waals surface area contributed by atoms with E-state index in [1.807, 2.05) is 6.07 Å². The number of nitriles is 1. The van der Waals surface area contributed by atoms with Gasteiger partial charge in [-0.15, -0.1) is 0 Å². The Balaban J connectivity index is 1.98. The lowest BCUT2D eigenvalue weighted by atomic mass is 10.2. The van der Waals surface area contributed by atoms with E-state index in [1.54, 1.807) is 12.1 Å². The summed E-state index contributed by atoms with van der Waals surface area (Å²) in [6, 6.07) is 5.37. The quantitative estimate of drug-likeness (QED) is 0.270. The van der Waals surface area contributed by atoms with Gasteiger partial charge in [0.2, 0.25) is 5.91 Å². The Labute approximate surface area is 192 Å². The van der Waals surface area contributed by atoms with E-state index < -0.39 is 10.8 Å². The van der Waals surface area contributed by atoms with E-state index in [1.165, 1.54) is 6.26 Å². The van der Waals surface area contributed by atoms with E-state index >= 15 is 0 Å². The molecule has 0 spiro atoms. The number of rotatable bonds is 19. The number of nitrogens with two attached hydrogens (primary N) is 1. The fourth-order valence-electron chi connectivity index (χ4n) is 2.52. The predicted molar refractivity (Wildman–Crippen MR) is 120 cm³/mol. The van der Waals surface area contributed by atoms with Crippen molar-refractivity contribution in [3.8, 4) is 6.07 Å². The fraction of sp³-hybridized carbons (Fsp3) is 0.667. The highest BCUT2D eigenvalue weighted by molar-refractivity contribution is 7.84. The molecule has 0 radical (unpaired) electrons. The van der Waals surface area contributed by atoms with E-state index in [9.17, 15) is 9.00 Å². The van der Waals surface area contributed by atoms with Crippen LogP contribution >= 0.6 is 0 Å². The average Bonchev–Trinajstić information content (AvgIpc) is 2.79. The summed E-state index contributed by atoms with van der Waals surface area (Å²) in [5, 5.41) is 12.2. The predicted octanol–water partition coefficient (Wildman–Crippen LogP) is 0.155. The van der Waals surface area contributed by atoms with Crippen LogP contribution in [-0.2, 0) is 41.0 Å². The summed E-state index contributed by atoms with van der Waals surface area (Å²) in [6.45, 7) is 4.74. The third-order valence-electron chi connectivity index (χ3n) is 4.09. The van der Waals surface area contributed by atoms with Gasteiger partial charge in [-0.05, 0) is 25.0 Å². The Morgan fingerprint density at radius 2 is 1.66 bits per heavy atom. The molecule has 1 atom stereocenters. The second-order valence-corrected chi connectivity index (χ2v) is 7.96. The average molecular weight is 471 g/mol. The van der Waals surface area contributed by atoms with Crippen molar-refractivity contribution in [1.82, 2.24) is 10.3 Å². The normalized spacial score (nSPS) is 11.8. The lowest BCUT2D eigenvalue weighted by Crippen LogP contribution is -2.26. The van der Waals surface area contributed by atoms with Crippen molar-refractivity contribution in [2.45, 2.75) is 24.3 Å². The molecule has 1 unspecified atom stereocenters. The van der Waals surface area contributed by atoms with Gasteiger partial charge in [-0.2, -0.15) is 5.26 Å². The number of pyridine rings is 1. The molecule has 0 aliphatic heterocycles. The maximum atomic E-state index is 11.8. The van der Waals surface area contributed by atoms with Gasteiger partial charge in [-0.3, -0.25) is 9.00 Å². The number of amides is 1. The highest BCUT2D eigenvalue weighted by atomic mass is 32.2. The van der Waals surface area contributed by atoms with Crippen molar-refractivity contribution in [3.63, 3.8) is 0 Å². The van der Waals surface area contributed by atoms with Gasteiger partial charge in [-0.25, -0.2) is 4.98 Å². The van der Waals surface area contributed by atoms with E-state index in [2.05, 4.69) is 10.3 Å². The standard InChI is InChI=1S/C21H34N4O6S/c1-32(27)21-18(17-23)4-5-19(25-21)3-2-8-24-20(26)6-9-28-11-13-30-15-16-31-14-12-29-10-7-22/h4-5H,2-3,6-16,22H2,1H3,(H,24,26).